The van der Waals surface area contributed by atoms with E-state index in [-0.39, 0.29) is 0 Å². The van der Waals surface area contributed by atoms with Gasteiger partial charge in [-0.2, -0.15) is 0 Å². The number of ether oxygens (including phenoxy) is 1. The summed E-state index contributed by atoms with van der Waals surface area (Å²) in [4.78, 5) is 2.86. The molecule has 1 unspecified atom stereocenters. The molecule has 0 spiro atoms. The largest absolute Gasteiger partial charge is 0.382 e. The van der Waals surface area contributed by atoms with Gasteiger partial charge in [-0.1, -0.05) is 12.1 Å². The monoisotopic (exact) mass is 295 g/mol. The molecule has 0 amide bonds. The quantitative estimate of drug-likeness (QED) is 0.703. The number of hydrogen-bond acceptors (Lipinski definition) is 4. The number of nitrogens with one attached hydrogen (secondary N) is 1. The summed E-state index contributed by atoms with van der Waals surface area (Å²) in [6.07, 6.45) is 2.15. The van der Waals surface area contributed by atoms with Gasteiger partial charge in [-0.25, -0.2) is 0 Å². The Balaban J connectivity index is 1.84. The molecule has 19 heavy (non-hydrogen) atoms. The molecular formula is C15H21NOS2. The molecule has 1 atom stereocenters. The van der Waals surface area contributed by atoms with Gasteiger partial charge in [0.25, 0.3) is 0 Å². The molecule has 0 aliphatic heterocycles. The van der Waals surface area contributed by atoms with Crippen LogP contribution in [0.2, 0.25) is 0 Å². The van der Waals surface area contributed by atoms with E-state index in [4.69, 9.17) is 4.74 Å². The summed E-state index contributed by atoms with van der Waals surface area (Å²) >= 11 is 3.67. The Labute approximate surface area is 123 Å². The fraction of sp³-hybridized carbons (Fsp3) is 0.467. The number of thiophene rings is 2. The lowest BCUT2D eigenvalue weighted by Gasteiger charge is -2.16. The fourth-order valence-electron chi connectivity index (χ4n) is 1.99. The first-order chi connectivity index (χ1) is 9.40. The summed E-state index contributed by atoms with van der Waals surface area (Å²) < 4.78 is 5.38. The Morgan fingerprint density at radius 1 is 1.21 bits per heavy atom. The second-order valence-corrected chi connectivity index (χ2v) is 6.37. The maximum absolute atomic E-state index is 5.38. The molecule has 2 rings (SSSR count). The Morgan fingerprint density at radius 2 is 2.05 bits per heavy atom. The molecule has 2 heterocycles. The van der Waals surface area contributed by atoms with Gasteiger partial charge in [0, 0.05) is 35.4 Å². The van der Waals surface area contributed by atoms with E-state index < -0.39 is 0 Å². The molecule has 2 aromatic rings. The molecule has 1 N–H and O–H groups in total. The standard InChI is InChI=1S/C15H21NOS2/c1-2-17-9-5-8-16-14(15-7-4-11-19-15)12-13-6-3-10-18-13/h3-4,6-7,10-11,14,16H,2,5,8-9,12H2,1H3. The predicted octanol–water partition coefficient (Wildman–Crippen LogP) is 4.11. The second-order valence-electron chi connectivity index (χ2n) is 4.36. The van der Waals surface area contributed by atoms with Gasteiger partial charge in [0.05, 0.1) is 0 Å². The molecule has 2 nitrogen and oxygen atoms in total. The van der Waals surface area contributed by atoms with Crippen LogP contribution in [0.5, 0.6) is 0 Å². The van der Waals surface area contributed by atoms with E-state index in [2.05, 4.69) is 40.3 Å². The third-order valence-corrected chi connectivity index (χ3v) is 4.82. The highest BCUT2D eigenvalue weighted by Crippen LogP contribution is 2.24. The van der Waals surface area contributed by atoms with Gasteiger partial charge in [-0.3, -0.25) is 0 Å². The minimum Gasteiger partial charge on any atom is -0.382 e. The zero-order valence-corrected chi connectivity index (χ0v) is 12.9. The van der Waals surface area contributed by atoms with Crippen LogP contribution in [0, 0.1) is 0 Å². The summed E-state index contributed by atoms with van der Waals surface area (Å²) in [5, 5.41) is 7.96. The molecule has 0 aromatic carbocycles. The van der Waals surface area contributed by atoms with Gasteiger partial charge in [0.2, 0.25) is 0 Å². The van der Waals surface area contributed by atoms with Crippen molar-refractivity contribution in [3.8, 4) is 0 Å². The molecule has 104 valence electrons. The summed E-state index contributed by atoms with van der Waals surface area (Å²) in [6.45, 7) is 4.70. The first kappa shape index (κ1) is 14.7. The normalized spacial score (nSPS) is 12.7. The zero-order chi connectivity index (χ0) is 13.3. The highest BCUT2D eigenvalue weighted by Gasteiger charge is 2.13. The van der Waals surface area contributed by atoms with E-state index in [9.17, 15) is 0 Å². The average Bonchev–Trinajstić information content (AvgIpc) is 3.10. The molecular weight excluding hydrogens is 274 g/mol. The summed E-state index contributed by atoms with van der Waals surface area (Å²) in [6, 6.07) is 9.12. The first-order valence-corrected chi connectivity index (χ1v) is 8.53. The van der Waals surface area contributed by atoms with Gasteiger partial charge >= 0.3 is 0 Å². The van der Waals surface area contributed by atoms with Crippen LogP contribution in [0.3, 0.4) is 0 Å². The van der Waals surface area contributed by atoms with Crippen molar-refractivity contribution in [3.63, 3.8) is 0 Å². The average molecular weight is 295 g/mol. The van der Waals surface area contributed by atoms with Crippen LogP contribution in [0.1, 0.15) is 29.1 Å². The van der Waals surface area contributed by atoms with Crippen LogP contribution in [-0.4, -0.2) is 19.8 Å². The van der Waals surface area contributed by atoms with Gasteiger partial charge < -0.3 is 10.1 Å². The highest BCUT2D eigenvalue weighted by molar-refractivity contribution is 7.10. The Kier molecular flexibility index (Phi) is 6.57. The van der Waals surface area contributed by atoms with E-state index in [0.717, 1.165) is 32.6 Å². The first-order valence-electron chi connectivity index (χ1n) is 6.77. The molecule has 2 aromatic heterocycles. The summed E-state index contributed by atoms with van der Waals surface area (Å²) in [7, 11) is 0. The smallest absolute Gasteiger partial charge is 0.0477 e. The highest BCUT2D eigenvalue weighted by atomic mass is 32.1. The minimum atomic E-state index is 0.431. The molecule has 0 saturated carbocycles. The maximum Gasteiger partial charge on any atom is 0.0477 e. The van der Waals surface area contributed by atoms with Crippen molar-refractivity contribution >= 4 is 22.7 Å². The van der Waals surface area contributed by atoms with E-state index >= 15 is 0 Å². The van der Waals surface area contributed by atoms with Crippen molar-refractivity contribution in [2.45, 2.75) is 25.8 Å². The molecule has 0 radical (unpaired) electrons. The number of rotatable bonds is 9. The van der Waals surface area contributed by atoms with Gasteiger partial charge in [0.1, 0.15) is 0 Å². The third kappa shape index (κ3) is 5.07. The lowest BCUT2D eigenvalue weighted by molar-refractivity contribution is 0.144. The van der Waals surface area contributed by atoms with Crippen molar-refractivity contribution in [2.75, 3.05) is 19.8 Å². The molecule has 0 saturated heterocycles. The van der Waals surface area contributed by atoms with Crippen LogP contribution in [0.4, 0.5) is 0 Å². The van der Waals surface area contributed by atoms with Crippen molar-refractivity contribution in [1.82, 2.24) is 5.32 Å². The Bertz CT molecular complexity index is 425. The molecule has 0 bridgehead atoms. The summed E-state index contributed by atoms with van der Waals surface area (Å²) in [5.74, 6) is 0. The van der Waals surface area contributed by atoms with Crippen LogP contribution < -0.4 is 5.32 Å². The van der Waals surface area contributed by atoms with Crippen molar-refractivity contribution in [1.29, 1.82) is 0 Å². The van der Waals surface area contributed by atoms with Crippen molar-refractivity contribution in [2.24, 2.45) is 0 Å². The van der Waals surface area contributed by atoms with Crippen LogP contribution in [0.15, 0.2) is 35.0 Å². The van der Waals surface area contributed by atoms with Crippen LogP contribution >= 0.6 is 22.7 Å². The second kappa shape index (κ2) is 8.48. The van der Waals surface area contributed by atoms with Gasteiger partial charge in [-0.05, 0) is 42.8 Å². The van der Waals surface area contributed by atoms with E-state index in [1.165, 1.54) is 9.75 Å². The molecule has 4 heteroatoms. The minimum absolute atomic E-state index is 0.431. The van der Waals surface area contributed by atoms with Gasteiger partial charge in [-0.15, -0.1) is 22.7 Å². The summed E-state index contributed by atoms with van der Waals surface area (Å²) in [5.41, 5.74) is 0. The topological polar surface area (TPSA) is 21.3 Å². The van der Waals surface area contributed by atoms with E-state index in [1.807, 2.05) is 29.6 Å². The number of hydrogen-bond donors (Lipinski definition) is 1. The fourth-order valence-corrected chi connectivity index (χ4v) is 3.54. The molecule has 0 aliphatic carbocycles. The maximum atomic E-state index is 5.38. The van der Waals surface area contributed by atoms with Crippen molar-refractivity contribution in [3.05, 3.63) is 44.8 Å². The van der Waals surface area contributed by atoms with Crippen LogP contribution in [-0.2, 0) is 11.2 Å². The van der Waals surface area contributed by atoms with E-state index in [1.54, 1.807) is 0 Å². The Morgan fingerprint density at radius 3 is 2.74 bits per heavy atom. The zero-order valence-electron chi connectivity index (χ0n) is 11.3. The third-order valence-electron chi connectivity index (χ3n) is 2.93. The van der Waals surface area contributed by atoms with Crippen LogP contribution in [0.25, 0.3) is 0 Å². The lowest BCUT2D eigenvalue weighted by atomic mass is 10.1. The predicted molar refractivity (Wildman–Crippen MR) is 84.2 cm³/mol. The Hall–Kier alpha value is -0.680. The van der Waals surface area contributed by atoms with Crippen molar-refractivity contribution < 1.29 is 4.74 Å². The molecule has 0 aliphatic rings. The lowest BCUT2D eigenvalue weighted by Crippen LogP contribution is -2.24. The SMILES string of the molecule is CCOCCCNC(Cc1cccs1)c1cccs1. The van der Waals surface area contributed by atoms with Gasteiger partial charge in [0.15, 0.2) is 0 Å². The molecule has 0 fully saturated rings. The van der Waals surface area contributed by atoms with E-state index in [0.29, 0.717) is 6.04 Å².